The lowest BCUT2D eigenvalue weighted by atomic mass is 10.2. The van der Waals surface area contributed by atoms with Crippen molar-refractivity contribution < 1.29 is 14.2 Å². The van der Waals surface area contributed by atoms with Gasteiger partial charge in [-0.25, -0.2) is 4.39 Å². The Morgan fingerprint density at radius 2 is 2.25 bits per heavy atom. The lowest BCUT2D eigenvalue weighted by Gasteiger charge is -2.08. The number of nitrogens with one attached hydrogen (secondary N) is 1. The summed E-state index contributed by atoms with van der Waals surface area (Å²) in [6.45, 7) is 1.19. The van der Waals surface area contributed by atoms with Gasteiger partial charge in [-0.3, -0.25) is 0 Å². The Balaban J connectivity index is 2.45. The van der Waals surface area contributed by atoms with E-state index in [1.165, 1.54) is 18.2 Å². The van der Waals surface area contributed by atoms with Crippen LogP contribution in [0.3, 0.4) is 0 Å². The second-order valence-electron chi connectivity index (χ2n) is 3.06. The normalized spacial score (nSPS) is 9.81. The number of hydrogen-bond donors (Lipinski definition) is 2. The van der Waals surface area contributed by atoms with Crippen LogP contribution < -0.4 is 5.32 Å². The quantitative estimate of drug-likeness (QED) is 0.710. The SMILES string of the molecule is N#Cc1cc(F)ccc1NCCOCCO. The minimum atomic E-state index is -0.432. The highest BCUT2D eigenvalue weighted by molar-refractivity contribution is 5.57. The number of nitrogens with zero attached hydrogens (tertiary/aromatic N) is 1. The van der Waals surface area contributed by atoms with Gasteiger partial charge < -0.3 is 15.2 Å². The molecule has 0 aromatic heterocycles. The Morgan fingerprint density at radius 1 is 1.44 bits per heavy atom. The second-order valence-corrected chi connectivity index (χ2v) is 3.06. The van der Waals surface area contributed by atoms with Crippen molar-refractivity contribution in [3.63, 3.8) is 0 Å². The molecule has 1 aromatic rings. The number of rotatable bonds is 6. The predicted octanol–water partition coefficient (Wildman–Crippen LogP) is 1.12. The van der Waals surface area contributed by atoms with Crippen molar-refractivity contribution in [1.82, 2.24) is 0 Å². The molecule has 86 valence electrons. The van der Waals surface area contributed by atoms with Crippen LogP contribution in [0.25, 0.3) is 0 Å². The van der Waals surface area contributed by atoms with E-state index in [4.69, 9.17) is 15.1 Å². The molecule has 0 aliphatic carbocycles. The minimum absolute atomic E-state index is 0.0139. The van der Waals surface area contributed by atoms with Crippen molar-refractivity contribution in [3.8, 4) is 6.07 Å². The third-order valence-electron chi connectivity index (χ3n) is 1.90. The Morgan fingerprint density at radius 3 is 2.94 bits per heavy atom. The average Bonchev–Trinajstić information content (AvgIpc) is 2.30. The molecular formula is C11H13FN2O2. The summed E-state index contributed by atoms with van der Waals surface area (Å²) in [5.41, 5.74) is 0.846. The molecule has 0 heterocycles. The van der Waals surface area contributed by atoms with Gasteiger partial charge in [0.05, 0.1) is 31.1 Å². The van der Waals surface area contributed by atoms with Crippen LogP contribution in [0.15, 0.2) is 18.2 Å². The van der Waals surface area contributed by atoms with Gasteiger partial charge in [0.1, 0.15) is 11.9 Å². The molecule has 0 spiro atoms. The molecule has 16 heavy (non-hydrogen) atoms. The smallest absolute Gasteiger partial charge is 0.124 e. The molecule has 0 atom stereocenters. The highest BCUT2D eigenvalue weighted by atomic mass is 19.1. The Bertz CT molecular complexity index is 377. The summed E-state index contributed by atoms with van der Waals surface area (Å²) >= 11 is 0. The van der Waals surface area contributed by atoms with Crippen LogP contribution in [0.5, 0.6) is 0 Å². The van der Waals surface area contributed by atoms with Gasteiger partial charge in [0.15, 0.2) is 0 Å². The third kappa shape index (κ3) is 3.85. The largest absolute Gasteiger partial charge is 0.394 e. The lowest BCUT2D eigenvalue weighted by molar-refractivity contribution is 0.0992. The highest BCUT2D eigenvalue weighted by Gasteiger charge is 2.02. The van der Waals surface area contributed by atoms with Gasteiger partial charge in [0, 0.05) is 6.54 Å². The maximum Gasteiger partial charge on any atom is 0.124 e. The van der Waals surface area contributed by atoms with Gasteiger partial charge in [0.25, 0.3) is 0 Å². The first-order valence-corrected chi connectivity index (χ1v) is 4.90. The highest BCUT2D eigenvalue weighted by Crippen LogP contribution is 2.15. The number of aliphatic hydroxyl groups is 1. The fourth-order valence-corrected chi connectivity index (χ4v) is 1.19. The van der Waals surface area contributed by atoms with Crippen LogP contribution in [0, 0.1) is 17.1 Å². The molecule has 0 aliphatic rings. The van der Waals surface area contributed by atoms with Gasteiger partial charge >= 0.3 is 0 Å². The summed E-state index contributed by atoms with van der Waals surface area (Å²) in [6.07, 6.45) is 0. The molecule has 5 heteroatoms. The Kier molecular flexibility index (Phi) is 5.26. The zero-order valence-electron chi connectivity index (χ0n) is 8.74. The fraction of sp³-hybridized carbons (Fsp3) is 0.364. The first-order chi connectivity index (χ1) is 7.77. The summed E-state index contributed by atoms with van der Waals surface area (Å²) in [6, 6.07) is 5.89. The molecule has 1 rings (SSSR count). The van der Waals surface area contributed by atoms with Gasteiger partial charge in [-0.2, -0.15) is 5.26 Å². The molecule has 0 saturated carbocycles. The topological polar surface area (TPSA) is 65.3 Å². The summed E-state index contributed by atoms with van der Waals surface area (Å²) in [5.74, 6) is -0.432. The van der Waals surface area contributed by atoms with Crippen molar-refractivity contribution >= 4 is 5.69 Å². The predicted molar refractivity (Wildman–Crippen MR) is 57.5 cm³/mol. The zero-order chi connectivity index (χ0) is 11.8. The van der Waals surface area contributed by atoms with E-state index in [2.05, 4.69) is 5.32 Å². The standard InChI is InChI=1S/C11H13FN2O2/c12-10-1-2-11(9(7-10)8-13)14-3-5-16-6-4-15/h1-2,7,14-15H,3-6H2. The van der Waals surface area contributed by atoms with Crippen molar-refractivity contribution in [2.24, 2.45) is 0 Å². The molecule has 0 bridgehead atoms. The van der Waals surface area contributed by atoms with Crippen molar-refractivity contribution in [2.45, 2.75) is 0 Å². The van der Waals surface area contributed by atoms with Crippen LogP contribution in [0.4, 0.5) is 10.1 Å². The number of ether oxygens (including phenoxy) is 1. The van der Waals surface area contributed by atoms with Crippen LogP contribution in [-0.2, 0) is 4.74 Å². The number of nitriles is 1. The third-order valence-corrected chi connectivity index (χ3v) is 1.90. The number of hydrogen-bond acceptors (Lipinski definition) is 4. The Labute approximate surface area is 93.3 Å². The van der Waals surface area contributed by atoms with Crippen molar-refractivity contribution in [1.29, 1.82) is 5.26 Å². The molecular weight excluding hydrogens is 211 g/mol. The molecule has 1 aromatic carbocycles. The van der Waals surface area contributed by atoms with Gasteiger partial charge in [0.2, 0.25) is 0 Å². The Hall–Kier alpha value is -1.64. The van der Waals surface area contributed by atoms with E-state index in [-0.39, 0.29) is 18.8 Å². The molecule has 0 unspecified atom stereocenters. The minimum Gasteiger partial charge on any atom is -0.394 e. The van der Waals surface area contributed by atoms with E-state index >= 15 is 0 Å². The van der Waals surface area contributed by atoms with Crippen LogP contribution in [0.2, 0.25) is 0 Å². The lowest BCUT2D eigenvalue weighted by Crippen LogP contribution is -2.12. The monoisotopic (exact) mass is 224 g/mol. The first kappa shape index (κ1) is 12.4. The molecule has 0 saturated heterocycles. The maximum atomic E-state index is 12.8. The van der Waals surface area contributed by atoms with Crippen molar-refractivity contribution in [2.75, 3.05) is 31.7 Å². The van der Waals surface area contributed by atoms with E-state index in [1.54, 1.807) is 0 Å². The molecule has 0 aliphatic heterocycles. The van der Waals surface area contributed by atoms with Crippen LogP contribution in [0.1, 0.15) is 5.56 Å². The summed E-state index contributed by atoms with van der Waals surface area (Å²) < 4.78 is 17.8. The average molecular weight is 224 g/mol. The fourth-order valence-electron chi connectivity index (χ4n) is 1.19. The van der Waals surface area contributed by atoms with Gasteiger partial charge in [-0.1, -0.05) is 0 Å². The van der Waals surface area contributed by atoms with E-state index in [0.29, 0.717) is 18.8 Å². The second kappa shape index (κ2) is 6.77. The molecule has 0 amide bonds. The number of benzene rings is 1. The summed E-state index contributed by atoms with van der Waals surface area (Å²) in [7, 11) is 0. The van der Waals surface area contributed by atoms with Crippen LogP contribution >= 0.6 is 0 Å². The maximum absolute atomic E-state index is 12.8. The molecule has 4 nitrogen and oxygen atoms in total. The van der Waals surface area contributed by atoms with Gasteiger partial charge in [-0.15, -0.1) is 0 Å². The van der Waals surface area contributed by atoms with Crippen molar-refractivity contribution in [3.05, 3.63) is 29.6 Å². The van der Waals surface area contributed by atoms with E-state index in [9.17, 15) is 4.39 Å². The number of aliphatic hydroxyl groups excluding tert-OH is 1. The summed E-state index contributed by atoms with van der Waals surface area (Å²) in [4.78, 5) is 0. The first-order valence-electron chi connectivity index (χ1n) is 4.90. The molecule has 0 fully saturated rings. The molecule has 0 radical (unpaired) electrons. The number of anilines is 1. The van der Waals surface area contributed by atoms with Gasteiger partial charge in [-0.05, 0) is 18.2 Å². The zero-order valence-corrected chi connectivity index (χ0v) is 8.74. The van der Waals surface area contributed by atoms with Crippen LogP contribution in [-0.4, -0.2) is 31.5 Å². The van der Waals surface area contributed by atoms with E-state index in [0.717, 1.165) is 0 Å². The molecule has 2 N–H and O–H groups in total. The van der Waals surface area contributed by atoms with E-state index in [1.807, 2.05) is 6.07 Å². The van der Waals surface area contributed by atoms with E-state index < -0.39 is 5.82 Å². The number of halogens is 1. The summed E-state index contributed by atoms with van der Waals surface area (Å²) in [5, 5.41) is 20.2.